The van der Waals surface area contributed by atoms with E-state index in [1.165, 1.54) is 0 Å². The first-order valence-electron chi connectivity index (χ1n) is 2.48. The van der Waals surface area contributed by atoms with Gasteiger partial charge in [0.2, 0.25) is 6.41 Å². The average Bonchev–Trinajstić information content (AvgIpc) is 1.85. The summed E-state index contributed by atoms with van der Waals surface area (Å²) < 4.78 is 14.2. The van der Waals surface area contributed by atoms with E-state index in [1.807, 2.05) is 0 Å². The molecule has 8 heteroatoms. The number of carbonyl (C=O) groups excluding carboxylic acids is 1. The molecule has 0 spiro atoms. The third-order valence-electron chi connectivity index (χ3n) is 0.498. The smallest absolute Gasteiger partial charge is 0.323 e. The molecule has 66 valence electrons. The number of amides is 1. The highest BCUT2D eigenvalue weighted by Gasteiger charge is 2.11. The molecule has 0 aliphatic rings. The Bertz CT molecular complexity index is 165. The topological polar surface area (TPSA) is 96.3 Å². The van der Waals surface area contributed by atoms with Crippen molar-refractivity contribution in [1.82, 2.24) is 5.06 Å². The highest BCUT2D eigenvalue weighted by Crippen LogP contribution is 2.36. The zero-order valence-electron chi connectivity index (χ0n) is 5.71. The molecule has 0 saturated carbocycles. The molecule has 0 aromatic heterocycles. The second kappa shape index (κ2) is 4.42. The molecule has 2 N–H and O–H groups in total. The van der Waals surface area contributed by atoms with Crippen LogP contribution in [0.15, 0.2) is 0 Å². The summed E-state index contributed by atoms with van der Waals surface area (Å²) in [5, 5.41) is 8.45. The van der Waals surface area contributed by atoms with Crippen molar-refractivity contribution in [3.05, 3.63) is 0 Å². The Balaban J connectivity index is 3.42. The summed E-state index contributed by atoms with van der Waals surface area (Å²) >= 11 is 0. The summed E-state index contributed by atoms with van der Waals surface area (Å²) in [6, 6.07) is 0. The molecule has 1 amide bonds. The summed E-state index contributed by atoms with van der Waals surface area (Å²) in [6.07, 6.45) is 0.0569. The van der Waals surface area contributed by atoms with Crippen molar-refractivity contribution in [2.45, 2.75) is 0 Å². The molecule has 0 aliphatic heterocycles. The maximum Gasteiger partial charge on any atom is 0.352 e. The quantitative estimate of drug-likeness (QED) is 0.150. The molecule has 1 atom stereocenters. The number of nitrogens with zero attached hydrogens (tertiary/aromatic N) is 1. The fourth-order valence-electron chi connectivity index (χ4n) is 0.206. The molecule has 0 radical (unpaired) electrons. The lowest BCUT2D eigenvalue weighted by molar-refractivity contribution is -0.277. The summed E-state index contributed by atoms with van der Waals surface area (Å²) in [6.45, 7) is 0.275. The zero-order chi connectivity index (χ0) is 8.91. The highest BCUT2D eigenvalue weighted by molar-refractivity contribution is 7.51. The van der Waals surface area contributed by atoms with E-state index in [2.05, 4.69) is 9.56 Å². The molecule has 0 saturated heterocycles. The van der Waals surface area contributed by atoms with Crippen molar-refractivity contribution >= 4 is 14.0 Å². The van der Waals surface area contributed by atoms with Gasteiger partial charge in [-0.25, -0.2) is 4.89 Å². The second-order valence-corrected chi connectivity index (χ2v) is 3.42. The molecule has 0 bridgehead atoms. The van der Waals surface area contributed by atoms with Gasteiger partial charge in [0.1, 0.15) is 0 Å². The monoisotopic (exact) mass is 185 g/mol. The molecule has 0 rings (SSSR count). The van der Waals surface area contributed by atoms with Gasteiger partial charge in [0.15, 0.2) is 6.73 Å². The fourth-order valence-corrected chi connectivity index (χ4v) is 0.449. The maximum absolute atomic E-state index is 10.3. The van der Waals surface area contributed by atoms with Gasteiger partial charge in [0.05, 0.1) is 0 Å². The zero-order valence-corrected chi connectivity index (χ0v) is 6.60. The minimum absolute atomic E-state index is 0.0569. The Labute approximate surface area is 62.6 Å². The molecule has 0 fully saturated rings. The minimum atomic E-state index is -3.71. The van der Waals surface area contributed by atoms with Crippen LogP contribution in [0.2, 0.25) is 0 Å². The van der Waals surface area contributed by atoms with Gasteiger partial charge in [-0.15, -0.1) is 4.67 Å². The Morgan fingerprint density at radius 2 is 2.27 bits per heavy atom. The van der Waals surface area contributed by atoms with Gasteiger partial charge in [-0.2, -0.15) is 5.06 Å². The third-order valence-corrected chi connectivity index (χ3v) is 0.880. The molecule has 11 heavy (non-hydrogen) atoms. The summed E-state index contributed by atoms with van der Waals surface area (Å²) in [7, 11) is -3.71. The molecule has 0 aromatic rings. The van der Waals surface area contributed by atoms with Crippen molar-refractivity contribution in [2.24, 2.45) is 0 Å². The predicted molar refractivity (Wildman–Crippen MR) is 32.5 cm³/mol. The van der Waals surface area contributed by atoms with Crippen LogP contribution in [-0.4, -0.2) is 35.0 Å². The van der Waals surface area contributed by atoms with E-state index in [4.69, 9.17) is 10.1 Å². The predicted octanol–water partition coefficient (Wildman–Crippen LogP) is -0.445. The standard InChI is InChI=1S/C3H8NO6P/c1-11(7,8)10-9-3-4(6)2-5/h2,6H,3H2,1H3,(H,7,8). The van der Waals surface area contributed by atoms with Crippen LogP contribution in [-0.2, 0) is 18.9 Å². The maximum atomic E-state index is 10.3. The van der Waals surface area contributed by atoms with Crippen LogP contribution in [0.4, 0.5) is 0 Å². The summed E-state index contributed by atoms with van der Waals surface area (Å²) in [5.41, 5.74) is 0. The van der Waals surface area contributed by atoms with Crippen LogP contribution in [0.5, 0.6) is 0 Å². The van der Waals surface area contributed by atoms with Gasteiger partial charge in [0.25, 0.3) is 0 Å². The largest absolute Gasteiger partial charge is 0.352 e. The minimum Gasteiger partial charge on any atom is -0.323 e. The second-order valence-electron chi connectivity index (χ2n) is 1.67. The van der Waals surface area contributed by atoms with Crippen LogP contribution in [0, 0.1) is 0 Å². The van der Waals surface area contributed by atoms with Crippen LogP contribution >= 0.6 is 7.60 Å². The third kappa shape index (κ3) is 7.44. The van der Waals surface area contributed by atoms with Crippen molar-refractivity contribution < 1.29 is 29.0 Å². The number of hydroxylamine groups is 2. The van der Waals surface area contributed by atoms with Gasteiger partial charge in [-0.3, -0.25) is 14.6 Å². The summed E-state index contributed by atoms with van der Waals surface area (Å²) in [5.74, 6) is 0. The first kappa shape index (κ1) is 10.5. The van der Waals surface area contributed by atoms with E-state index >= 15 is 0 Å². The van der Waals surface area contributed by atoms with Gasteiger partial charge >= 0.3 is 7.60 Å². The van der Waals surface area contributed by atoms with E-state index in [9.17, 15) is 9.36 Å². The lowest BCUT2D eigenvalue weighted by Crippen LogP contribution is -2.20. The van der Waals surface area contributed by atoms with Crippen molar-refractivity contribution in [2.75, 3.05) is 13.4 Å². The number of hydrogen-bond donors (Lipinski definition) is 2. The van der Waals surface area contributed by atoms with E-state index in [0.717, 1.165) is 6.66 Å². The van der Waals surface area contributed by atoms with Crippen LogP contribution < -0.4 is 0 Å². The molecule has 7 nitrogen and oxygen atoms in total. The number of rotatable bonds is 5. The Morgan fingerprint density at radius 3 is 2.64 bits per heavy atom. The van der Waals surface area contributed by atoms with Crippen molar-refractivity contribution in [3.8, 4) is 0 Å². The molecular weight excluding hydrogens is 177 g/mol. The van der Waals surface area contributed by atoms with Crippen molar-refractivity contribution in [3.63, 3.8) is 0 Å². The SMILES string of the molecule is CP(=O)(O)OOCN(O)C=O. The van der Waals surface area contributed by atoms with Crippen LogP contribution in [0.1, 0.15) is 0 Å². The first-order chi connectivity index (χ1) is 4.95. The fraction of sp³-hybridized carbons (Fsp3) is 0.667. The van der Waals surface area contributed by atoms with Crippen LogP contribution in [0.3, 0.4) is 0 Å². The van der Waals surface area contributed by atoms with Crippen LogP contribution in [0.25, 0.3) is 0 Å². The van der Waals surface area contributed by atoms with Gasteiger partial charge in [-0.05, 0) is 0 Å². The average molecular weight is 185 g/mol. The Kier molecular flexibility index (Phi) is 4.24. The molecule has 0 aliphatic carbocycles. The van der Waals surface area contributed by atoms with E-state index in [1.54, 1.807) is 0 Å². The highest BCUT2D eigenvalue weighted by atomic mass is 31.2. The van der Waals surface area contributed by atoms with Gasteiger partial charge in [-0.1, -0.05) is 0 Å². The summed E-state index contributed by atoms with van der Waals surface area (Å²) in [4.78, 5) is 22.1. The van der Waals surface area contributed by atoms with E-state index < -0.39 is 14.3 Å². The van der Waals surface area contributed by atoms with E-state index in [0.29, 0.717) is 0 Å². The number of hydrogen-bond acceptors (Lipinski definition) is 5. The normalized spacial score (nSPS) is 15.5. The van der Waals surface area contributed by atoms with Gasteiger partial charge in [0, 0.05) is 6.66 Å². The Hall–Kier alpha value is -0.460. The van der Waals surface area contributed by atoms with Crippen molar-refractivity contribution in [1.29, 1.82) is 0 Å². The lowest BCUT2D eigenvalue weighted by Gasteiger charge is -2.08. The molecule has 1 unspecified atom stereocenters. The van der Waals surface area contributed by atoms with E-state index in [-0.39, 0.29) is 11.5 Å². The first-order valence-corrected chi connectivity index (χ1v) is 4.50. The molecule has 0 heterocycles. The van der Waals surface area contributed by atoms with Gasteiger partial charge < -0.3 is 4.89 Å². The number of carbonyl (C=O) groups is 1. The molecular formula is C3H8NO6P. The Morgan fingerprint density at radius 1 is 1.73 bits per heavy atom. The molecule has 0 aromatic carbocycles. The lowest BCUT2D eigenvalue weighted by atomic mass is 11.1.